The third kappa shape index (κ3) is 23.7. The summed E-state index contributed by atoms with van der Waals surface area (Å²) in [6.07, 6.45) is 0. The summed E-state index contributed by atoms with van der Waals surface area (Å²) >= 11 is 0. The Bertz CT molecular complexity index is 7.61. The molecule has 0 aliphatic carbocycles. The second kappa shape index (κ2) is 36.9. The van der Waals surface area contributed by atoms with Gasteiger partial charge in [0.25, 0.3) is 0 Å². The van der Waals surface area contributed by atoms with Gasteiger partial charge in [-0.2, -0.15) is 0 Å². The Hall–Kier alpha value is 2.04. The fourth-order valence-electron chi connectivity index (χ4n) is 0. The van der Waals surface area contributed by atoms with Crippen LogP contribution < -0.4 is 37.7 Å². The van der Waals surface area contributed by atoms with E-state index in [0.29, 0.717) is 0 Å². The monoisotopic (exact) mass is 254 g/mol. The number of hydrogen-bond acceptors (Lipinski definition) is 0. The van der Waals surface area contributed by atoms with Crippen molar-refractivity contribution in [3.8, 4) is 0 Å². The Morgan fingerprint density at radius 1 is 0.600 bits per heavy atom. The molecule has 0 rings (SSSR count). The summed E-state index contributed by atoms with van der Waals surface area (Å²) < 4.78 is 0. The van der Waals surface area contributed by atoms with Crippen molar-refractivity contribution in [2.45, 2.75) is 0 Å². The van der Waals surface area contributed by atoms with E-state index in [1.54, 1.807) is 0 Å². The van der Waals surface area contributed by atoms with Gasteiger partial charge in [0.1, 0.15) is 0 Å². The Kier molecular flexibility index (Phi) is 456. The fourth-order valence-corrected chi connectivity index (χ4v) is 0. The minimum Gasteiger partial charge on any atom is -2.00 e. The normalized spacial score (nSPS) is 0. The molecule has 0 N–H and O–H groups in total. The molecule has 0 unspecified atom stereocenters. The smallest absolute Gasteiger partial charge is 2.00 e. The van der Waals surface area contributed by atoms with E-state index in [1.165, 1.54) is 0 Å². The van der Waals surface area contributed by atoms with E-state index >= 15 is 0 Å². The van der Waals surface area contributed by atoms with E-state index in [4.69, 9.17) is 0 Å². The van der Waals surface area contributed by atoms with Gasteiger partial charge in [-0.25, -0.2) is 0 Å². The molecule has 5 heteroatoms. The van der Waals surface area contributed by atoms with Crippen molar-refractivity contribution in [3.63, 3.8) is 0 Å². The first kappa shape index (κ1) is 61.8. The van der Waals surface area contributed by atoms with Gasteiger partial charge in [0.15, 0.2) is 0 Å². The Balaban J connectivity index is 0. The molecule has 0 fully saturated rings. The topological polar surface area (TPSA) is 57.0 Å². The van der Waals surface area contributed by atoms with Crippen LogP contribution in [-0.4, -0.2) is 27.3 Å². The van der Waals surface area contributed by atoms with Crippen LogP contribution in [0.2, 0.25) is 0 Å². The zero-order valence-corrected chi connectivity index (χ0v) is 7.20. The molecule has 0 aliphatic heterocycles. The maximum Gasteiger partial charge on any atom is 2.00 e. The van der Waals surface area contributed by atoms with E-state index in [0.717, 1.165) is 0 Å². The van der Waals surface area contributed by atoms with Gasteiger partial charge in [-0.05, 0) is 0 Å². The molecule has 2 radical (unpaired) electrons. The largest absolute Gasteiger partial charge is 2.00 e. The van der Waals surface area contributed by atoms with Crippen LogP contribution >= 0.6 is 0 Å². The summed E-state index contributed by atoms with van der Waals surface area (Å²) in [6.45, 7) is 0. The molecule has 0 aromatic heterocycles. The predicted octanol–water partition coefficient (Wildman–Crippen LogP) is -6.61. The van der Waals surface area contributed by atoms with Crippen LogP contribution in [-0.2, 0) is 11.0 Å². The summed E-state index contributed by atoms with van der Waals surface area (Å²) in [5.41, 5.74) is 0. The van der Waals surface area contributed by atoms with Crippen molar-refractivity contribution in [1.29, 1.82) is 0 Å². The molecule has 2 nitrogen and oxygen atoms in total. The van der Waals surface area contributed by atoms with Crippen molar-refractivity contribution < 1.29 is 48.7 Å². The first-order valence-corrected chi connectivity index (χ1v) is 0. The van der Waals surface area contributed by atoms with Crippen LogP contribution in [0.5, 0.6) is 0 Å². The molecule has 0 heterocycles. The fraction of sp³-hybridized carbons (Fsp3) is 0. The third-order valence-electron chi connectivity index (χ3n) is 0. The summed E-state index contributed by atoms with van der Waals surface area (Å²) in [7, 11) is 0. The Labute approximate surface area is 75.2 Å². The van der Waals surface area contributed by atoms with Gasteiger partial charge >= 0.3 is 65.0 Å². The van der Waals surface area contributed by atoms with Crippen molar-refractivity contribution in [2.75, 3.05) is 0 Å². The van der Waals surface area contributed by atoms with Gasteiger partial charge in [0.2, 0.25) is 0 Å². The molecule has 0 saturated carbocycles. The van der Waals surface area contributed by atoms with Gasteiger partial charge in [-0.1, -0.05) is 0 Å². The SMILES string of the molecule is [Li+].[Li+].[O-2].[O-2].[Pb+2]. The molecule has 0 aliphatic rings. The summed E-state index contributed by atoms with van der Waals surface area (Å²) in [6, 6.07) is 0. The van der Waals surface area contributed by atoms with Crippen molar-refractivity contribution >= 4 is 27.3 Å². The van der Waals surface area contributed by atoms with Crippen LogP contribution in [0.1, 0.15) is 0 Å². The maximum atomic E-state index is 0. The predicted molar refractivity (Wildman–Crippen MR) is 7.13 cm³/mol. The van der Waals surface area contributed by atoms with Gasteiger partial charge < -0.3 is 11.0 Å². The minimum atomic E-state index is 0. The van der Waals surface area contributed by atoms with Crippen LogP contribution in [0, 0.1) is 0 Å². The molecular formula is Li2O2Pb. The zero-order valence-electron chi connectivity index (χ0n) is 3.32. The van der Waals surface area contributed by atoms with E-state index < -0.39 is 0 Å². The van der Waals surface area contributed by atoms with Gasteiger partial charge in [0, 0.05) is 0 Å². The first-order valence-electron chi connectivity index (χ1n) is 0. The van der Waals surface area contributed by atoms with Gasteiger partial charge in [-0.15, -0.1) is 0 Å². The van der Waals surface area contributed by atoms with Crippen molar-refractivity contribution in [3.05, 3.63) is 0 Å². The zero-order chi connectivity index (χ0) is 0. The molecule has 0 atom stereocenters. The van der Waals surface area contributed by atoms with Crippen LogP contribution in [0.4, 0.5) is 0 Å². The van der Waals surface area contributed by atoms with E-state index in [2.05, 4.69) is 0 Å². The average Bonchev–Trinajstić information content (AvgIpc) is 0. The molecule has 0 bridgehead atoms. The molecule has 5 heavy (non-hydrogen) atoms. The van der Waals surface area contributed by atoms with Crippen LogP contribution in [0.15, 0.2) is 0 Å². The first-order chi connectivity index (χ1) is 0. The van der Waals surface area contributed by atoms with Gasteiger partial charge in [-0.3, -0.25) is 0 Å². The number of hydrogen-bond donors (Lipinski definition) is 0. The maximum absolute atomic E-state index is 0. The average molecular weight is 253 g/mol. The molecule has 0 aromatic carbocycles. The summed E-state index contributed by atoms with van der Waals surface area (Å²) in [4.78, 5) is 0. The molecule has 0 amide bonds. The molecular weight excluding hydrogens is 253 g/mol. The summed E-state index contributed by atoms with van der Waals surface area (Å²) in [5.74, 6) is 0. The number of rotatable bonds is 0. The summed E-state index contributed by atoms with van der Waals surface area (Å²) in [5, 5.41) is 0. The van der Waals surface area contributed by atoms with E-state index in [9.17, 15) is 0 Å². The Morgan fingerprint density at radius 2 is 0.600 bits per heavy atom. The van der Waals surface area contributed by atoms with Crippen LogP contribution in [0.3, 0.4) is 0 Å². The third-order valence-corrected chi connectivity index (χ3v) is 0. The van der Waals surface area contributed by atoms with E-state index in [-0.39, 0.29) is 76.0 Å². The van der Waals surface area contributed by atoms with Crippen LogP contribution in [0.25, 0.3) is 0 Å². The molecule has 18 valence electrons. The van der Waals surface area contributed by atoms with E-state index in [1.807, 2.05) is 0 Å². The Morgan fingerprint density at radius 3 is 0.600 bits per heavy atom. The minimum absolute atomic E-state index is 0. The second-order valence-electron chi connectivity index (χ2n) is 0. The van der Waals surface area contributed by atoms with Crippen molar-refractivity contribution in [2.24, 2.45) is 0 Å². The van der Waals surface area contributed by atoms with Crippen molar-refractivity contribution in [1.82, 2.24) is 0 Å². The standard InChI is InChI=1S/2Li.2O.Pb/q2*+1;2*-2;+2. The second-order valence-corrected chi connectivity index (χ2v) is 0. The molecule has 0 saturated heterocycles. The molecule has 0 spiro atoms. The molecule has 0 aromatic rings. The quantitative estimate of drug-likeness (QED) is 0.385. The van der Waals surface area contributed by atoms with Gasteiger partial charge in [0.05, 0.1) is 0 Å².